The van der Waals surface area contributed by atoms with Crippen LogP contribution in [-0.2, 0) is 16.0 Å². The second-order valence-corrected chi connectivity index (χ2v) is 5.36. The van der Waals surface area contributed by atoms with Crippen molar-refractivity contribution in [2.24, 2.45) is 0 Å². The molecule has 1 amide bonds. The lowest BCUT2D eigenvalue weighted by Gasteiger charge is -2.14. The first-order valence-corrected chi connectivity index (χ1v) is 7.15. The van der Waals surface area contributed by atoms with E-state index < -0.39 is 12.0 Å². The maximum Gasteiger partial charge on any atom is 0.326 e. The van der Waals surface area contributed by atoms with Crippen molar-refractivity contribution < 1.29 is 14.7 Å². The van der Waals surface area contributed by atoms with E-state index in [0.29, 0.717) is 22.0 Å². The van der Waals surface area contributed by atoms with E-state index in [9.17, 15) is 9.59 Å². The molecule has 2 N–H and O–H groups in total. The maximum absolute atomic E-state index is 11.9. The van der Waals surface area contributed by atoms with Crippen molar-refractivity contribution in [3.8, 4) is 0 Å². The Balaban J connectivity index is 2.63. The Kier molecular flexibility index (Phi) is 6.82. The number of carbonyl (C=O) groups is 2. The molecular weight excluding hydrogens is 301 g/mol. The standard InChI is InChI=1S/C14H17Cl2NO3/c1-2-3-4-12(14(19)20)17-13(18)7-9-5-6-10(15)8-11(9)16/h5-6,8,12H,2-4,7H2,1H3,(H,17,18)(H,19,20). The van der Waals surface area contributed by atoms with E-state index in [1.165, 1.54) is 0 Å². The first kappa shape index (κ1) is 16.8. The quantitative estimate of drug-likeness (QED) is 0.810. The molecule has 0 aliphatic carbocycles. The van der Waals surface area contributed by atoms with Crippen molar-refractivity contribution in [3.63, 3.8) is 0 Å². The van der Waals surface area contributed by atoms with Crippen LogP contribution in [0.4, 0.5) is 0 Å². The fourth-order valence-corrected chi connectivity index (χ4v) is 2.22. The molecule has 1 unspecified atom stereocenters. The van der Waals surface area contributed by atoms with Gasteiger partial charge in [0, 0.05) is 10.0 Å². The fourth-order valence-electron chi connectivity index (χ4n) is 1.75. The van der Waals surface area contributed by atoms with Crippen molar-refractivity contribution >= 4 is 35.1 Å². The first-order valence-electron chi connectivity index (χ1n) is 6.40. The summed E-state index contributed by atoms with van der Waals surface area (Å²) < 4.78 is 0. The van der Waals surface area contributed by atoms with Gasteiger partial charge >= 0.3 is 5.97 Å². The molecule has 0 bridgehead atoms. The number of carboxylic acids is 1. The number of benzene rings is 1. The minimum Gasteiger partial charge on any atom is -0.480 e. The highest BCUT2D eigenvalue weighted by Crippen LogP contribution is 2.21. The number of amides is 1. The Morgan fingerprint density at radius 2 is 2.05 bits per heavy atom. The zero-order valence-electron chi connectivity index (χ0n) is 11.2. The average molecular weight is 318 g/mol. The molecule has 0 fully saturated rings. The smallest absolute Gasteiger partial charge is 0.326 e. The number of halogens is 2. The molecule has 6 heteroatoms. The number of nitrogens with one attached hydrogen (secondary N) is 1. The topological polar surface area (TPSA) is 66.4 Å². The van der Waals surface area contributed by atoms with Gasteiger partial charge in [0.05, 0.1) is 6.42 Å². The minimum absolute atomic E-state index is 0.0336. The molecule has 0 saturated heterocycles. The zero-order valence-corrected chi connectivity index (χ0v) is 12.7. The second-order valence-electron chi connectivity index (χ2n) is 4.51. The van der Waals surface area contributed by atoms with E-state index in [1.807, 2.05) is 6.92 Å². The number of hydrogen-bond donors (Lipinski definition) is 2. The molecule has 0 aliphatic rings. The zero-order chi connectivity index (χ0) is 15.1. The largest absolute Gasteiger partial charge is 0.480 e. The Labute approximate surface area is 128 Å². The highest BCUT2D eigenvalue weighted by atomic mass is 35.5. The molecule has 0 aromatic heterocycles. The van der Waals surface area contributed by atoms with Crippen LogP contribution >= 0.6 is 23.2 Å². The molecule has 4 nitrogen and oxygen atoms in total. The summed E-state index contributed by atoms with van der Waals surface area (Å²) in [7, 11) is 0. The van der Waals surface area contributed by atoms with Gasteiger partial charge in [-0.15, -0.1) is 0 Å². The van der Waals surface area contributed by atoms with Gasteiger partial charge in [0.25, 0.3) is 0 Å². The normalized spacial score (nSPS) is 11.9. The lowest BCUT2D eigenvalue weighted by atomic mass is 10.1. The Morgan fingerprint density at radius 3 is 2.60 bits per heavy atom. The molecule has 20 heavy (non-hydrogen) atoms. The van der Waals surface area contributed by atoms with Crippen LogP contribution < -0.4 is 5.32 Å². The predicted molar refractivity (Wildman–Crippen MR) is 79.3 cm³/mol. The summed E-state index contributed by atoms with van der Waals surface area (Å²) in [5, 5.41) is 12.4. The lowest BCUT2D eigenvalue weighted by molar-refractivity contribution is -0.142. The number of carbonyl (C=O) groups excluding carboxylic acids is 1. The first-order chi connectivity index (χ1) is 9.43. The van der Waals surface area contributed by atoms with Gasteiger partial charge in [-0.05, 0) is 24.1 Å². The maximum atomic E-state index is 11.9. The molecule has 1 rings (SSSR count). The van der Waals surface area contributed by atoms with Crippen LogP contribution in [0.2, 0.25) is 10.0 Å². The van der Waals surface area contributed by atoms with E-state index in [2.05, 4.69) is 5.32 Å². The minimum atomic E-state index is -1.02. The Bertz CT molecular complexity index is 491. The number of rotatable bonds is 7. The summed E-state index contributed by atoms with van der Waals surface area (Å²) in [6.45, 7) is 1.97. The fraction of sp³-hybridized carbons (Fsp3) is 0.429. The Morgan fingerprint density at radius 1 is 1.35 bits per heavy atom. The molecule has 1 atom stereocenters. The van der Waals surface area contributed by atoms with Gasteiger partial charge in [-0.25, -0.2) is 4.79 Å². The van der Waals surface area contributed by atoms with Crippen LogP contribution in [0.1, 0.15) is 31.7 Å². The molecule has 0 heterocycles. The summed E-state index contributed by atoms with van der Waals surface area (Å²) in [6.07, 6.45) is 2.08. The summed E-state index contributed by atoms with van der Waals surface area (Å²) in [6, 6.07) is 4.00. The molecule has 1 aromatic carbocycles. The van der Waals surface area contributed by atoms with Crippen LogP contribution in [0.15, 0.2) is 18.2 Å². The third-order valence-corrected chi connectivity index (χ3v) is 3.43. The number of hydrogen-bond acceptors (Lipinski definition) is 2. The SMILES string of the molecule is CCCCC(NC(=O)Cc1ccc(Cl)cc1Cl)C(=O)O. The van der Waals surface area contributed by atoms with Gasteiger partial charge < -0.3 is 10.4 Å². The van der Waals surface area contributed by atoms with Gasteiger partial charge in [0.15, 0.2) is 0 Å². The average Bonchev–Trinajstić information content (AvgIpc) is 2.37. The van der Waals surface area contributed by atoms with E-state index >= 15 is 0 Å². The highest BCUT2D eigenvalue weighted by Gasteiger charge is 2.19. The summed E-state index contributed by atoms with van der Waals surface area (Å²) in [4.78, 5) is 22.9. The lowest BCUT2D eigenvalue weighted by Crippen LogP contribution is -2.41. The van der Waals surface area contributed by atoms with Crippen molar-refractivity contribution in [3.05, 3.63) is 33.8 Å². The third kappa shape index (κ3) is 5.39. The van der Waals surface area contributed by atoms with Crippen molar-refractivity contribution in [1.29, 1.82) is 0 Å². The van der Waals surface area contributed by atoms with E-state index in [1.54, 1.807) is 18.2 Å². The molecular formula is C14H17Cl2NO3. The molecule has 110 valence electrons. The van der Waals surface area contributed by atoms with Crippen LogP contribution in [0.3, 0.4) is 0 Å². The van der Waals surface area contributed by atoms with E-state index in [-0.39, 0.29) is 12.3 Å². The van der Waals surface area contributed by atoms with Crippen LogP contribution in [0.25, 0.3) is 0 Å². The molecule has 0 radical (unpaired) electrons. The number of carboxylic acid groups (broad SMARTS) is 1. The van der Waals surface area contributed by atoms with Crippen LogP contribution in [0.5, 0.6) is 0 Å². The summed E-state index contributed by atoms with van der Waals surface area (Å²) >= 11 is 11.7. The predicted octanol–water partition coefficient (Wildman–Crippen LogP) is 3.30. The summed E-state index contributed by atoms with van der Waals surface area (Å²) in [5.41, 5.74) is 0.619. The van der Waals surface area contributed by atoms with E-state index in [4.69, 9.17) is 28.3 Å². The van der Waals surface area contributed by atoms with Gasteiger partial charge in [-0.1, -0.05) is 49.0 Å². The van der Waals surface area contributed by atoms with Gasteiger partial charge in [-0.2, -0.15) is 0 Å². The van der Waals surface area contributed by atoms with E-state index in [0.717, 1.165) is 12.8 Å². The highest BCUT2D eigenvalue weighted by molar-refractivity contribution is 6.35. The van der Waals surface area contributed by atoms with Gasteiger partial charge in [-0.3, -0.25) is 4.79 Å². The third-order valence-electron chi connectivity index (χ3n) is 2.85. The number of aliphatic carboxylic acids is 1. The van der Waals surface area contributed by atoms with Crippen molar-refractivity contribution in [1.82, 2.24) is 5.32 Å². The van der Waals surface area contributed by atoms with Crippen LogP contribution in [-0.4, -0.2) is 23.0 Å². The molecule has 0 spiro atoms. The van der Waals surface area contributed by atoms with Crippen molar-refractivity contribution in [2.75, 3.05) is 0 Å². The second kappa shape index (κ2) is 8.12. The monoisotopic (exact) mass is 317 g/mol. The summed E-state index contributed by atoms with van der Waals surface area (Å²) in [5.74, 6) is -1.38. The Hall–Kier alpha value is -1.26. The van der Waals surface area contributed by atoms with Gasteiger partial charge in [0.1, 0.15) is 6.04 Å². The molecule has 0 aliphatic heterocycles. The van der Waals surface area contributed by atoms with Gasteiger partial charge in [0.2, 0.25) is 5.91 Å². The number of unbranched alkanes of at least 4 members (excludes halogenated alkanes) is 1. The van der Waals surface area contributed by atoms with Crippen molar-refractivity contribution in [2.45, 2.75) is 38.6 Å². The molecule has 0 saturated carbocycles. The molecule has 1 aromatic rings. The van der Waals surface area contributed by atoms with Crippen LogP contribution in [0, 0.1) is 0 Å².